The van der Waals surface area contributed by atoms with Crippen molar-refractivity contribution in [3.63, 3.8) is 0 Å². The van der Waals surface area contributed by atoms with Crippen LogP contribution in [-0.2, 0) is 0 Å². The predicted octanol–water partition coefficient (Wildman–Crippen LogP) is 4.31. The molecule has 114 valence electrons. The van der Waals surface area contributed by atoms with Crippen molar-refractivity contribution in [2.24, 2.45) is 0 Å². The maximum atomic E-state index is 5.50. The monoisotopic (exact) mass is 415 g/mol. The summed E-state index contributed by atoms with van der Waals surface area (Å²) in [5.41, 5.74) is 2.15. The zero-order valence-corrected chi connectivity index (χ0v) is 15.7. The molecule has 0 fully saturated rings. The van der Waals surface area contributed by atoms with Gasteiger partial charge in [0.05, 0.1) is 19.3 Å². The highest BCUT2D eigenvalue weighted by atomic mass is 79.9. The third-order valence-corrected chi connectivity index (χ3v) is 4.55. The summed E-state index contributed by atoms with van der Waals surface area (Å²) >= 11 is 7.17. The number of hydrogen-bond donors (Lipinski definition) is 1. The summed E-state index contributed by atoms with van der Waals surface area (Å²) in [6, 6.07) is 6.38. The highest BCUT2D eigenvalue weighted by Crippen LogP contribution is 2.36. The molecule has 1 heterocycles. The van der Waals surface area contributed by atoms with Crippen molar-refractivity contribution in [1.29, 1.82) is 0 Å². The van der Waals surface area contributed by atoms with Crippen molar-refractivity contribution in [3.8, 4) is 5.75 Å². The molecule has 0 saturated heterocycles. The summed E-state index contributed by atoms with van der Waals surface area (Å²) in [5.74, 6) is 0.787. The Balaban J connectivity index is 2.61. The number of nitrogens with one attached hydrogen (secondary N) is 1. The first kappa shape index (κ1) is 16.5. The SMILES string of the molecule is CNC(c1cc(Br)ccc1Br)c1c(OC)cnn1C(C)C. The second kappa shape index (κ2) is 6.94. The molecule has 2 aromatic rings. The molecule has 0 aliphatic carbocycles. The number of halogens is 2. The number of rotatable bonds is 5. The van der Waals surface area contributed by atoms with Gasteiger partial charge in [-0.1, -0.05) is 31.9 Å². The minimum atomic E-state index is -0.0169. The lowest BCUT2D eigenvalue weighted by Crippen LogP contribution is -2.23. The maximum absolute atomic E-state index is 5.50. The maximum Gasteiger partial charge on any atom is 0.161 e. The van der Waals surface area contributed by atoms with Gasteiger partial charge in [-0.2, -0.15) is 5.10 Å². The second-order valence-electron chi connectivity index (χ2n) is 5.02. The highest BCUT2D eigenvalue weighted by Gasteiger charge is 2.25. The quantitative estimate of drug-likeness (QED) is 0.789. The van der Waals surface area contributed by atoms with Crippen LogP contribution in [0.4, 0.5) is 0 Å². The summed E-state index contributed by atoms with van der Waals surface area (Å²) in [7, 11) is 3.61. The molecule has 1 unspecified atom stereocenters. The van der Waals surface area contributed by atoms with Gasteiger partial charge in [0.15, 0.2) is 5.75 Å². The summed E-state index contributed by atoms with van der Waals surface area (Å²) in [4.78, 5) is 0. The second-order valence-corrected chi connectivity index (χ2v) is 6.79. The Labute approximate surface area is 142 Å². The van der Waals surface area contributed by atoms with Crippen LogP contribution in [0.1, 0.15) is 37.2 Å². The fourth-order valence-electron chi connectivity index (χ4n) is 2.37. The van der Waals surface area contributed by atoms with E-state index in [2.05, 4.69) is 62.2 Å². The average molecular weight is 417 g/mol. The minimum absolute atomic E-state index is 0.0169. The molecule has 1 aromatic carbocycles. The van der Waals surface area contributed by atoms with Crippen LogP contribution in [0.25, 0.3) is 0 Å². The van der Waals surface area contributed by atoms with E-state index in [4.69, 9.17) is 4.74 Å². The average Bonchev–Trinajstić information content (AvgIpc) is 2.87. The molecule has 0 radical (unpaired) electrons. The number of benzene rings is 1. The molecule has 4 nitrogen and oxygen atoms in total. The third kappa shape index (κ3) is 3.33. The molecule has 0 amide bonds. The van der Waals surface area contributed by atoms with Crippen LogP contribution in [-0.4, -0.2) is 23.9 Å². The molecule has 0 bridgehead atoms. The third-order valence-electron chi connectivity index (χ3n) is 3.34. The molecule has 1 N–H and O–H groups in total. The van der Waals surface area contributed by atoms with E-state index in [0.717, 1.165) is 26.0 Å². The molecule has 21 heavy (non-hydrogen) atoms. The molecule has 0 aliphatic rings. The van der Waals surface area contributed by atoms with E-state index in [1.807, 2.05) is 23.9 Å². The van der Waals surface area contributed by atoms with Crippen LogP contribution < -0.4 is 10.1 Å². The van der Waals surface area contributed by atoms with Crippen molar-refractivity contribution in [1.82, 2.24) is 15.1 Å². The Hall–Kier alpha value is -0.850. The van der Waals surface area contributed by atoms with E-state index in [1.54, 1.807) is 13.3 Å². The fourth-order valence-corrected chi connectivity index (χ4v) is 3.23. The first-order chi connectivity index (χ1) is 9.99. The van der Waals surface area contributed by atoms with Crippen LogP contribution in [0, 0.1) is 0 Å². The number of methoxy groups -OCH3 is 1. The lowest BCUT2D eigenvalue weighted by Gasteiger charge is -2.22. The standard InChI is InChI=1S/C15H19Br2N3O/c1-9(2)20-15(13(21-4)8-19-20)14(18-3)11-7-10(16)5-6-12(11)17/h5-9,14,18H,1-4H3. The van der Waals surface area contributed by atoms with Crippen LogP contribution in [0.5, 0.6) is 5.75 Å². The van der Waals surface area contributed by atoms with Gasteiger partial charge in [-0.25, -0.2) is 0 Å². The highest BCUT2D eigenvalue weighted by molar-refractivity contribution is 9.11. The van der Waals surface area contributed by atoms with Gasteiger partial charge >= 0.3 is 0 Å². The van der Waals surface area contributed by atoms with Crippen LogP contribution in [0.2, 0.25) is 0 Å². The fraction of sp³-hybridized carbons (Fsp3) is 0.400. The minimum Gasteiger partial charge on any atom is -0.493 e. The molecule has 6 heteroatoms. The topological polar surface area (TPSA) is 39.1 Å². The Morgan fingerprint density at radius 1 is 1.29 bits per heavy atom. The Morgan fingerprint density at radius 3 is 2.57 bits per heavy atom. The van der Waals surface area contributed by atoms with E-state index < -0.39 is 0 Å². The van der Waals surface area contributed by atoms with Gasteiger partial charge in [0.1, 0.15) is 5.69 Å². The Morgan fingerprint density at radius 2 is 2.00 bits per heavy atom. The molecule has 1 aromatic heterocycles. The van der Waals surface area contributed by atoms with Crippen molar-refractivity contribution in [3.05, 3.63) is 44.6 Å². The van der Waals surface area contributed by atoms with Crippen molar-refractivity contribution < 1.29 is 4.74 Å². The molecule has 1 atom stereocenters. The molecule has 2 rings (SSSR count). The zero-order chi connectivity index (χ0) is 15.6. The molecular formula is C15H19Br2N3O. The number of ether oxygens (including phenoxy) is 1. The van der Waals surface area contributed by atoms with E-state index in [1.165, 1.54) is 0 Å². The van der Waals surface area contributed by atoms with E-state index in [-0.39, 0.29) is 12.1 Å². The normalized spacial score (nSPS) is 12.7. The number of hydrogen-bond acceptors (Lipinski definition) is 3. The van der Waals surface area contributed by atoms with Crippen LogP contribution in [0.3, 0.4) is 0 Å². The van der Waals surface area contributed by atoms with Gasteiger partial charge in [0.2, 0.25) is 0 Å². The molecule has 0 aliphatic heterocycles. The molecular weight excluding hydrogens is 398 g/mol. The summed E-state index contributed by atoms with van der Waals surface area (Å²) in [5, 5.41) is 7.82. The lowest BCUT2D eigenvalue weighted by molar-refractivity contribution is 0.396. The molecule has 0 saturated carbocycles. The van der Waals surface area contributed by atoms with Crippen LogP contribution in [0.15, 0.2) is 33.3 Å². The van der Waals surface area contributed by atoms with Crippen molar-refractivity contribution in [2.45, 2.75) is 25.9 Å². The van der Waals surface area contributed by atoms with Gasteiger partial charge in [-0.15, -0.1) is 0 Å². The van der Waals surface area contributed by atoms with Gasteiger partial charge in [-0.3, -0.25) is 4.68 Å². The van der Waals surface area contributed by atoms with Crippen LogP contribution >= 0.6 is 31.9 Å². The predicted molar refractivity (Wildman–Crippen MR) is 91.9 cm³/mol. The summed E-state index contributed by atoms with van der Waals surface area (Å²) < 4.78 is 9.58. The van der Waals surface area contributed by atoms with Gasteiger partial charge < -0.3 is 10.1 Å². The summed E-state index contributed by atoms with van der Waals surface area (Å²) in [6.07, 6.45) is 1.77. The number of nitrogens with zero attached hydrogens (tertiary/aromatic N) is 2. The lowest BCUT2D eigenvalue weighted by atomic mass is 10.0. The van der Waals surface area contributed by atoms with Gasteiger partial charge in [0.25, 0.3) is 0 Å². The van der Waals surface area contributed by atoms with Crippen molar-refractivity contribution >= 4 is 31.9 Å². The van der Waals surface area contributed by atoms with E-state index in [0.29, 0.717) is 0 Å². The smallest absolute Gasteiger partial charge is 0.161 e. The van der Waals surface area contributed by atoms with Gasteiger partial charge in [0, 0.05) is 15.0 Å². The van der Waals surface area contributed by atoms with E-state index in [9.17, 15) is 0 Å². The summed E-state index contributed by atoms with van der Waals surface area (Å²) in [6.45, 7) is 4.22. The Bertz CT molecular complexity index is 625. The zero-order valence-electron chi connectivity index (χ0n) is 12.5. The first-order valence-corrected chi connectivity index (χ1v) is 8.31. The largest absolute Gasteiger partial charge is 0.493 e. The van der Waals surface area contributed by atoms with E-state index >= 15 is 0 Å². The first-order valence-electron chi connectivity index (χ1n) is 6.73. The molecule has 0 spiro atoms. The van der Waals surface area contributed by atoms with Crippen molar-refractivity contribution in [2.75, 3.05) is 14.2 Å². The van der Waals surface area contributed by atoms with Gasteiger partial charge in [-0.05, 0) is 44.7 Å². The Kier molecular flexibility index (Phi) is 5.46. The number of aromatic nitrogens is 2.